The quantitative estimate of drug-likeness (QED) is 0.122. The minimum Gasteiger partial charge on any atom is -0.0913 e. The van der Waals surface area contributed by atoms with Crippen molar-refractivity contribution in [1.82, 2.24) is 0 Å². The molecule has 0 amide bonds. The topological polar surface area (TPSA) is 0 Å². The maximum atomic E-state index is 2.53. The Morgan fingerprint density at radius 1 is 0.500 bits per heavy atom. The van der Waals surface area contributed by atoms with E-state index in [1.807, 2.05) is 0 Å². The van der Waals surface area contributed by atoms with Crippen LogP contribution in [0.15, 0.2) is 115 Å². The van der Waals surface area contributed by atoms with Gasteiger partial charge in [0.25, 0.3) is 0 Å². The van der Waals surface area contributed by atoms with Gasteiger partial charge < -0.3 is 0 Å². The van der Waals surface area contributed by atoms with Gasteiger partial charge in [-0.15, -0.1) is 0 Å². The van der Waals surface area contributed by atoms with Gasteiger partial charge in [0.2, 0.25) is 0 Å². The predicted octanol–water partition coefficient (Wildman–Crippen LogP) is 12.2. The van der Waals surface area contributed by atoms with Crippen LogP contribution in [-0.2, 0) is 0 Å². The molecule has 0 nitrogen and oxygen atoms in total. The third-order valence-corrected chi connectivity index (χ3v) is 12.6. The highest BCUT2D eigenvalue weighted by atomic mass is 31.1. The molecule has 0 bridgehead atoms. The Bertz CT molecular complexity index is 1430. The molecular formula is C39H43P. The number of hydrogen-bond donors (Lipinski definition) is 0. The molecule has 1 heteroatoms. The Kier molecular flexibility index (Phi) is 8.95. The van der Waals surface area contributed by atoms with Crippen LogP contribution in [0.3, 0.4) is 0 Å². The number of unbranched alkanes of at least 4 members (excludes halogenated alkanes) is 5. The molecule has 6 rings (SSSR count). The van der Waals surface area contributed by atoms with Crippen LogP contribution >= 0.6 is 7.92 Å². The molecule has 0 aromatic heterocycles. The van der Waals surface area contributed by atoms with Crippen LogP contribution in [0.4, 0.5) is 0 Å². The highest BCUT2D eigenvalue weighted by molar-refractivity contribution is 7.58. The van der Waals surface area contributed by atoms with E-state index in [1.54, 1.807) is 11.1 Å². The molecule has 1 saturated heterocycles. The van der Waals surface area contributed by atoms with E-state index in [2.05, 4.69) is 122 Å². The maximum Gasteiger partial charge on any atom is 0.00533 e. The zero-order chi connectivity index (χ0) is 27.1. The predicted molar refractivity (Wildman–Crippen MR) is 177 cm³/mol. The van der Waals surface area contributed by atoms with Crippen molar-refractivity contribution in [2.75, 3.05) is 6.16 Å². The molecule has 0 N–H and O–H groups in total. The lowest BCUT2D eigenvalue weighted by molar-refractivity contribution is 0.524. The Hall–Kier alpha value is -2.95. The summed E-state index contributed by atoms with van der Waals surface area (Å²) in [4.78, 5) is 0. The normalized spacial score (nSPS) is 21.1. The van der Waals surface area contributed by atoms with Gasteiger partial charge in [-0.25, -0.2) is 0 Å². The first-order chi connectivity index (χ1) is 19.8. The van der Waals surface area contributed by atoms with Crippen molar-refractivity contribution in [3.8, 4) is 0 Å². The van der Waals surface area contributed by atoms with Crippen LogP contribution < -0.4 is 0 Å². The maximum absolute atomic E-state index is 2.53. The first kappa shape index (κ1) is 27.2. The van der Waals surface area contributed by atoms with Crippen molar-refractivity contribution in [3.63, 3.8) is 0 Å². The number of hydrogen-bond acceptors (Lipinski definition) is 0. The van der Waals surface area contributed by atoms with Crippen molar-refractivity contribution in [3.05, 3.63) is 132 Å². The fourth-order valence-corrected chi connectivity index (χ4v) is 10.8. The van der Waals surface area contributed by atoms with E-state index in [-0.39, 0.29) is 7.92 Å². The summed E-state index contributed by atoms with van der Waals surface area (Å²) >= 11 is 0. The first-order valence-corrected chi connectivity index (χ1v) is 17.2. The summed E-state index contributed by atoms with van der Waals surface area (Å²) in [7, 11) is -0.203. The molecule has 204 valence electrons. The summed E-state index contributed by atoms with van der Waals surface area (Å²) in [5, 5.41) is 5.48. The molecule has 40 heavy (non-hydrogen) atoms. The van der Waals surface area contributed by atoms with Gasteiger partial charge in [0.15, 0.2) is 0 Å². The minimum atomic E-state index is -0.203. The highest BCUT2D eigenvalue weighted by Crippen LogP contribution is 2.70. The van der Waals surface area contributed by atoms with Gasteiger partial charge in [-0.05, 0) is 69.6 Å². The lowest BCUT2D eigenvalue weighted by Crippen LogP contribution is -2.19. The Labute approximate surface area is 242 Å². The van der Waals surface area contributed by atoms with Crippen LogP contribution in [0.25, 0.3) is 21.5 Å². The second-order valence-corrected chi connectivity index (χ2v) is 14.6. The van der Waals surface area contributed by atoms with E-state index < -0.39 is 0 Å². The summed E-state index contributed by atoms with van der Waals surface area (Å²) in [5.74, 6) is 0.595. The minimum absolute atomic E-state index is 0.203. The summed E-state index contributed by atoms with van der Waals surface area (Å²) in [6.07, 6.45) is 12.2. The molecule has 1 aliphatic heterocycles. The molecule has 0 saturated carbocycles. The standard InChI is InChI=1S/C39H43P/c1-2-3-4-5-6-14-25-40-38(35-23-21-31-17-10-12-19-33(31)26-35)28-37(30-15-8-7-9-16-30)29-39(40)36-24-22-32-18-11-13-20-34(32)27-36/h7-13,15-24,26-27,37-39H,2-6,14,25,28-29H2,1H3. The largest absolute Gasteiger partial charge is 0.0913 e. The zero-order valence-corrected chi connectivity index (χ0v) is 24.9. The molecule has 2 unspecified atom stereocenters. The Morgan fingerprint density at radius 2 is 1.00 bits per heavy atom. The molecule has 1 aliphatic rings. The molecular weight excluding hydrogens is 499 g/mol. The van der Waals surface area contributed by atoms with Crippen molar-refractivity contribution < 1.29 is 0 Å². The fraction of sp³-hybridized carbons (Fsp3) is 0.333. The average molecular weight is 543 g/mol. The third-order valence-electron chi connectivity index (χ3n) is 9.17. The van der Waals surface area contributed by atoms with Crippen LogP contribution in [0.5, 0.6) is 0 Å². The van der Waals surface area contributed by atoms with Crippen LogP contribution in [0.1, 0.15) is 92.2 Å². The lowest BCUT2D eigenvalue weighted by Gasteiger charge is -2.44. The van der Waals surface area contributed by atoms with E-state index in [1.165, 1.54) is 84.6 Å². The van der Waals surface area contributed by atoms with Gasteiger partial charge in [0.1, 0.15) is 0 Å². The number of rotatable bonds is 10. The van der Waals surface area contributed by atoms with Crippen LogP contribution in [0, 0.1) is 0 Å². The lowest BCUT2D eigenvalue weighted by atomic mass is 9.85. The molecule has 0 spiro atoms. The fourth-order valence-electron chi connectivity index (χ4n) is 6.99. The van der Waals surface area contributed by atoms with E-state index in [0.29, 0.717) is 17.2 Å². The molecule has 0 radical (unpaired) electrons. The van der Waals surface area contributed by atoms with Gasteiger partial charge in [-0.3, -0.25) is 0 Å². The zero-order valence-electron chi connectivity index (χ0n) is 24.0. The Balaban J connectivity index is 1.39. The molecule has 5 aromatic carbocycles. The molecule has 2 atom stereocenters. The second-order valence-electron chi connectivity index (χ2n) is 11.8. The third kappa shape index (κ3) is 6.19. The van der Waals surface area contributed by atoms with Crippen molar-refractivity contribution >= 4 is 29.5 Å². The highest BCUT2D eigenvalue weighted by Gasteiger charge is 2.39. The first-order valence-electron chi connectivity index (χ1n) is 15.6. The van der Waals surface area contributed by atoms with Crippen LogP contribution in [-0.4, -0.2) is 6.16 Å². The molecule has 1 fully saturated rings. The molecule has 5 aromatic rings. The van der Waals surface area contributed by atoms with Gasteiger partial charge in [-0.1, -0.05) is 162 Å². The number of fused-ring (bicyclic) bond motifs is 2. The van der Waals surface area contributed by atoms with Gasteiger partial charge in [0.05, 0.1) is 0 Å². The SMILES string of the molecule is CCCCCCCCP1C(c2ccc3ccccc3c2)CC(c2ccccc2)CC1c1ccc2ccccc2c1. The summed E-state index contributed by atoms with van der Waals surface area (Å²) < 4.78 is 0. The summed E-state index contributed by atoms with van der Waals surface area (Å²) in [5.41, 5.74) is 5.93. The molecule has 0 aliphatic carbocycles. The van der Waals surface area contributed by atoms with E-state index in [4.69, 9.17) is 0 Å². The van der Waals surface area contributed by atoms with Crippen molar-refractivity contribution in [2.24, 2.45) is 0 Å². The molecule has 1 heterocycles. The summed E-state index contributed by atoms with van der Waals surface area (Å²) in [6.45, 7) is 2.32. The van der Waals surface area contributed by atoms with E-state index in [9.17, 15) is 0 Å². The van der Waals surface area contributed by atoms with E-state index in [0.717, 1.165) is 0 Å². The summed E-state index contributed by atoms with van der Waals surface area (Å²) in [6, 6.07) is 43.9. The van der Waals surface area contributed by atoms with Gasteiger partial charge in [-0.2, -0.15) is 0 Å². The second kappa shape index (κ2) is 13.1. The smallest absolute Gasteiger partial charge is 0.00533 e. The van der Waals surface area contributed by atoms with Crippen LogP contribution in [0.2, 0.25) is 0 Å². The average Bonchev–Trinajstić information content (AvgIpc) is 3.02. The van der Waals surface area contributed by atoms with Gasteiger partial charge in [0, 0.05) is 11.3 Å². The van der Waals surface area contributed by atoms with Crippen molar-refractivity contribution in [1.29, 1.82) is 0 Å². The van der Waals surface area contributed by atoms with E-state index >= 15 is 0 Å². The monoisotopic (exact) mass is 542 g/mol. The van der Waals surface area contributed by atoms with Crippen molar-refractivity contribution in [2.45, 2.75) is 75.5 Å². The Morgan fingerprint density at radius 3 is 1.57 bits per heavy atom. The number of benzene rings is 5. The van der Waals surface area contributed by atoms with Gasteiger partial charge >= 0.3 is 0 Å².